The van der Waals surface area contributed by atoms with E-state index in [4.69, 9.17) is 27.9 Å². The van der Waals surface area contributed by atoms with Crippen LogP contribution in [-0.4, -0.2) is 67.0 Å². The number of ether oxygens (including phenoxy) is 1. The molecule has 136 valence electrons. The second-order valence-electron chi connectivity index (χ2n) is 6.36. The fourth-order valence-electron chi connectivity index (χ4n) is 2.68. The third-order valence-electron chi connectivity index (χ3n) is 4.28. The zero-order chi connectivity index (χ0) is 17.8. The molecular formula is C17H21Cl2N3O3. The number of hydrogen-bond acceptors (Lipinski definition) is 4. The Morgan fingerprint density at radius 3 is 2.56 bits per heavy atom. The molecule has 1 heterocycles. The van der Waals surface area contributed by atoms with Crippen LogP contribution in [0.4, 0.5) is 0 Å². The summed E-state index contributed by atoms with van der Waals surface area (Å²) in [6.07, 6.45) is 2.18. The molecule has 0 atom stereocenters. The molecule has 1 N–H and O–H groups in total. The van der Waals surface area contributed by atoms with Crippen LogP contribution < -0.4 is 10.1 Å². The Bertz CT molecular complexity index is 644. The van der Waals surface area contributed by atoms with Crippen molar-refractivity contribution in [2.45, 2.75) is 18.9 Å². The van der Waals surface area contributed by atoms with Gasteiger partial charge in [-0.3, -0.25) is 14.5 Å². The molecule has 0 spiro atoms. The van der Waals surface area contributed by atoms with E-state index in [1.54, 1.807) is 23.1 Å². The lowest BCUT2D eigenvalue weighted by Crippen LogP contribution is -2.52. The molecule has 0 unspecified atom stereocenters. The average molecular weight is 386 g/mol. The minimum atomic E-state index is -0.0990. The number of piperazine rings is 1. The average Bonchev–Trinajstić information content (AvgIpc) is 3.40. The molecular weight excluding hydrogens is 365 g/mol. The van der Waals surface area contributed by atoms with Gasteiger partial charge < -0.3 is 15.0 Å². The largest absolute Gasteiger partial charge is 0.482 e. The number of nitrogens with one attached hydrogen (secondary N) is 1. The molecule has 1 aliphatic heterocycles. The highest BCUT2D eigenvalue weighted by Gasteiger charge is 2.26. The van der Waals surface area contributed by atoms with Crippen molar-refractivity contribution in [2.24, 2.45) is 0 Å². The second-order valence-corrected chi connectivity index (χ2v) is 7.21. The van der Waals surface area contributed by atoms with Gasteiger partial charge in [-0.25, -0.2) is 0 Å². The van der Waals surface area contributed by atoms with Crippen LogP contribution in [0.2, 0.25) is 10.0 Å². The van der Waals surface area contributed by atoms with E-state index in [0.717, 1.165) is 12.8 Å². The number of carbonyl (C=O) groups excluding carboxylic acids is 2. The Morgan fingerprint density at radius 1 is 1.16 bits per heavy atom. The molecule has 6 nitrogen and oxygen atoms in total. The van der Waals surface area contributed by atoms with Gasteiger partial charge in [-0.1, -0.05) is 23.2 Å². The fourth-order valence-corrected chi connectivity index (χ4v) is 3.01. The molecule has 1 aromatic rings. The molecule has 25 heavy (non-hydrogen) atoms. The van der Waals surface area contributed by atoms with Gasteiger partial charge in [0, 0.05) is 43.3 Å². The van der Waals surface area contributed by atoms with Crippen molar-refractivity contribution in [3.8, 4) is 5.75 Å². The standard InChI is InChI=1S/C17H21Cl2N3O3/c18-12-1-4-14(19)15(9-12)25-11-17(24)22-7-5-21(6-8-22)10-16(23)20-13-2-3-13/h1,4,9,13H,2-3,5-8,10-11H2,(H,20,23). The highest BCUT2D eigenvalue weighted by molar-refractivity contribution is 6.34. The van der Waals surface area contributed by atoms with E-state index in [2.05, 4.69) is 10.2 Å². The fraction of sp³-hybridized carbons (Fsp3) is 0.529. The normalized spacial score (nSPS) is 18.1. The summed E-state index contributed by atoms with van der Waals surface area (Å²) in [7, 11) is 0. The van der Waals surface area contributed by atoms with E-state index in [-0.39, 0.29) is 18.4 Å². The molecule has 2 fully saturated rings. The summed E-state index contributed by atoms with van der Waals surface area (Å²) in [6, 6.07) is 5.27. The first-order valence-corrected chi connectivity index (χ1v) is 9.14. The topological polar surface area (TPSA) is 61.9 Å². The minimum Gasteiger partial charge on any atom is -0.482 e. The highest BCUT2D eigenvalue weighted by Crippen LogP contribution is 2.27. The predicted octanol–water partition coefficient (Wildman–Crippen LogP) is 1.80. The van der Waals surface area contributed by atoms with Gasteiger partial charge in [0.25, 0.3) is 5.91 Å². The number of nitrogens with zero attached hydrogens (tertiary/aromatic N) is 2. The summed E-state index contributed by atoms with van der Waals surface area (Å²) >= 11 is 11.9. The molecule has 1 saturated heterocycles. The number of amides is 2. The van der Waals surface area contributed by atoms with Crippen molar-refractivity contribution in [1.29, 1.82) is 0 Å². The monoisotopic (exact) mass is 385 g/mol. The zero-order valence-corrected chi connectivity index (χ0v) is 15.4. The summed E-state index contributed by atoms with van der Waals surface area (Å²) in [5.41, 5.74) is 0. The maximum atomic E-state index is 12.3. The van der Waals surface area contributed by atoms with Gasteiger partial charge in [-0.2, -0.15) is 0 Å². The van der Waals surface area contributed by atoms with Crippen LogP contribution in [0, 0.1) is 0 Å². The predicted molar refractivity (Wildman–Crippen MR) is 96.1 cm³/mol. The molecule has 2 amide bonds. The van der Waals surface area contributed by atoms with E-state index in [1.165, 1.54) is 0 Å². The lowest BCUT2D eigenvalue weighted by atomic mass is 10.3. The van der Waals surface area contributed by atoms with Crippen molar-refractivity contribution >= 4 is 35.0 Å². The molecule has 3 rings (SSSR count). The first-order chi connectivity index (χ1) is 12.0. The van der Waals surface area contributed by atoms with Gasteiger partial charge in [-0.15, -0.1) is 0 Å². The van der Waals surface area contributed by atoms with Crippen LogP contribution in [0.5, 0.6) is 5.75 Å². The number of benzene rings is 1. The van der Waals surface area contributed by atoms with Crippen LogP contribution in [-0.2, 0) is 9.59 Å². The highest BCUT2D eigenvalue weighted by atomic mass is 35.5. The minimum absolute atomic E-state index is 0.0706. The maximum absolute atomic E-state index is 12.3. The van der Waals surface area contributed by atoms with Crippen molar-refractivity contribution in [3.05, 3.63) is 28.2 Å². The Kier molecular flexibility index (Phi) is 6.04. The van der Waals surface area contributed by atoms with E-state index in [1.807, 2.05) is 0 Å². The maximum Gasteiger partial charge on any atom is 0.260 e. The quantitative estimate of drug-likeness (QED) is 0.810. The van der Waals surface area contributed by atoms with Crippen molar-refractivity contribution in [1.82, 2.24) is 15.1 Å². The lowest BCUT2D eigenvalue weighted by Gasteiger charge is -2.34. The zero-order valence-electron chi connectivity index (χ0n) is 13.8. The van der Waals surface area contributed by atoms with Crippen LogP contribution in [0.3, 0.4) is 0 Å². The molecule has 2 aliphatic rings. The van der Waals surface area contributed by atoms with Gasteiger partial charge in [-0.05, 0) is 25.0 Å². The SMILES string of the molecule is O=C(CN1CCN(C(=O)COc2cc(Cl)ccc2Cl)CC1)NC1CC1. The van der Waals surface area contributed by atoms with Gasteiger partial charge in [0.15, 0.2) is 6.61 Å². The first kappa shape index (κ1) is 18.3. The van der Waals surface area contributed by atoms with Crippen molar-refractivity contribution in [3.63, 3.8) is 0 Å². The summed E-state index contributed by atoms with van der Waals surface area (Å²) < 4.78 is 5.49. The number of hydrogen-bond donors (Lipinski definition) is 1. The van der Waals surface area contributed by atoms with E-state index in [9.17, 15) is 9.59 Å². The first-order valence-electron chi connectivity index (χ1n) is 8.38. The van der Waals surface area contributed by atoms with Crippen molar-refractivity contribution in [2.75, 3.05) is 39.3 Å². The third kappa shape index (κ3) is 5.49. The van der Waals surface area contributed by atoms with E-state index >= 15 is 0 Å². The molecule has 1 saturated carbocycles. The molecule has 1 aromatic carbocycles. The second kappa shape index (κ2) is 8.25. The lowest BCUT2D eigenvalue weighted by molar-refractivity contribution is -0.135. The summed E-state index contributed by atoms with van der Waals surface area (Å²) in [4.78, 5) is 27.9. The van der Waals surface area contributed by atoms with E-state index in [0.29, 0.717) is 54.6 Å². The van der Waals surface area contributed by atoms with E-state index < -0.39 is 0 Å². The van der Waals surface area contributed by atoms with Gasteiger partial charge in [0.1, 0.15) is 5.75 Å². The smallest absolute Gasteiger partial charge is 0.260 e. The molecule has 0 radical (unpaired) electrons. The summed E-state index contributed by atoms with van der Waals surface area (Å²) in [6.45, 7) is 2.85. The van der Waals surface area contributed by atoms with Crippen LogP contribution in [0.15, 0.2) is 18.2 Å². The van der Waals surface area contributed by atoms with Gasteiger partial charge in [0.2, 0.25) is 5.91 Å². The number of carbonyl (C=O) groups is 2. The van der Waals surface area contributed by atoms with Crippen molar-refractivity contribution < 1.29 is 14.3 Å². The summed E-state index contributed by atoms with van der Waals surface area (Å²) in [5.74, 6) is 0.372. The summed E-state index contributed by atoms with van der Waals surface area (Å²) in [5, 5.41) is 3.90. The Labute approximate surface area is 157 Å². The Hall–Kier alpha value is -1.50. The van der Waals surface area contributed by atoms with Crippen LogP contribution in [0.25, 0.3) is 0 Å². The Balaban J connectivity index is 1.40. The Morgan fingerprint density at radius 2 is 1.88 bits per heavy atom. The van der Waals surface area contributed by atoms with Crippen LogP contribution >= 0.6 is 23.2 Å². The van der Waals surface area contributed by atoms with Gasteiger partial charge in [0.05, 0.1) is 11.6 Å². The van der Waals surface area contributed by atoms with Gasteiger partial charge >= 0.3 is 0 Å². The van der Waals surface area contributed by atoms with Crippen LogP contribution in [0.1, 0.15) is 12.8 Å². The number of rotatable bonds is 6. The number of halogens is 2. The molecule has 8 heteroatoms. The molecule has 1 aliphatic carbocycles. The third-order valence-corrected chi connectivity index (χ3v) is 4.83. The molecule has 0 aromatic heterocycles. The molecule has 0 bridgehead atoms.